The number of ether oxygens (including phenoxy) is 1. The molecule has 0 bridgehead atoms. The van der Waals surface area contributed by atoms with Crippen molar-refractivity contribution in [3.8, 4) is 5.75 Å². The van der Waals surface area contributed by atoms with Crippen LogP contribution in [-0.4, -0.2) is 8.42 Å². The first-order chi connectivity index (χ1) is 9.90. The number of sulfonamides is 1. The van der Waals surface area contributed by atoms with Crippen molar-refractivity contribution in [3.63, 3.8) is 0 Å². The van der Waals surface area contributed by atoms with Gasteiger partial charge in [0.25, 0.3) is 0 Å². The van der Waals surface area contributed by atoms with Crippen molar-refractivity contribution in [3.05, 3.63) is 58.6 Å². The molecule has 0 fully saturated rings. The van der Waals surface area contributed by atoms with Crippen LogP contribution < -0.4 is 9.88 Å². The Hall–Kier alpha value is -1.56. The molecule has 0 aliphatic carbocycles. The monoisotopic (exact) mass is 325 g/mol. The predicted octanol–water partition coefficient (Wildman–Crippen LogP) is 3.13. The van der Waals surface area contributed by atoms with Crippen LogP contribution in [0.15, 0.2) is 47.4 Å². The topological polar surface area (TPSA) is 69.4 Å². The smallest absolute Gasteiger partial charge is 0.238 e. The number of primary sulfonamides is 1. The molecular formula is C15H16ClNO3S. The summed E-state index contributed by atoms with van der Waals surface area (Å²) in [5.41, 5.74) is 2.27. The molecule has 2 N–H and O–H groups in total. The molecular weight excluding hydrogens is 310 g/mol. The zero-order chi connectivity index (χ0) is 15.5. The fraction of sp³-hybridized carbons (Fsp3) is 0.200. The normalized spacial score (nSPS) is 11.4. The second-order valence-electron chi connectivity index (χ2n) is 4.60. The van der Waals surface area contributed by atoms with E-state index in [4.69, 9.17) is 21.5 Å². The van der Waals surface area contributed by atoms with E-state index in [-0.39, 0.29) is 9.92 Å². The molecule has 0 atom stereocenters. The predicted molar refractivity (Wildman–Crippen MR) is 83.0 cm³/mol. The van der Waals surface area contributed by atoms with Crippen molar-refractivity contribution >= 4 is 21.6 Å². The Morgan fingerprint density at radius 1 is 1.10 bits per heavy atom. The first-order valence-electron chi connectivity index (χ1n) is 6.43. The van der Waals surface area contributed by atoms with Gasteiger partial charge in [-0.1, -0.05) is 42.8 Å². The van der Waals surface area contributed by atoms with Crippen molar-refractivity contribution < 1.29 is 13.2 Å². The maximum absolute atomic E-state index is 11.2. The molecule has 0 heterocycles. The molecule has 2 rings (SSSR count). The van der Waals surface area contributed by atoms with E-state index in [0.29, 0.717) is 12.4 Å². The van der Waals surface area contributed by atoms with E-state index in [1.54, 1.807) is 0 Å². The van der Waals surface area contributed by atoms with Crippen molar-refractivity contribution in [1.82, 2.24) is 0 Å². The van der Waals surface area contributed by atoms with Gasteiger partial charge in [0, 0.05) is 0 Å². The van der Waals surface area contributed by atoms with E-state index in [0.717, 1.165) is 12.0 Å². The zero-order valence-corrected chi connectivity index (χ0v) is 13.1. The van der Waals surface area contributed by atoms with Gasteiger partial charge in [-0.05, 0) is 35.7 Å². The largest absolute Gasteiger partial charge is 0.487 e. The van der Waals surface area contributed by atoms with Gasteiger partial charge < -0.3 is 4.74 Å². The lowest BCUT2D eigenvalue weighted by molar-refractivity contribution is 0.306. The standard InChI is InChI=1S/C15H16ClNO3S/c1-2-11-3-5-12(6-4-11)10-20-15-8-7-13(9-14(15)16)21(17,18)19/h3-9H,2,10H2,1H3,(H2,17,18,19). The van der Waals surface area contributed by atoms with Gasteiger partial charge in [0.1, 0.15) is 12.4 Å². The molecule has 2 aromatic rings. The summed E-state index contributed by atoms with van der Waals surface area (Å²) in [5.74, 6) is 0.420. The highest BCUT2D eigenvalue weighted by Crippen LogP contribution is 2.27. The van der Waals surface area contributed by atoms with Crippen LogP contribution in [0.4, 0.5) is 0 Å². The molecule has 0 unspecified atom stereocenters. The van der Waals surface area contributed by atoms with Gasteiger partial charge in [-0.25, -0.2) is 13.6 Å². The first-order valence-corrected chi connectivity index (χ1v) is 8.35. The molecule has 2 aromatic carbocycles. The van der Waals surface area contributed by atoms with Gasteiger partial charge in [0.05, 0.1) is 9.92 Å². The van der Waals surface area contributed by atoms with Gasteiger partial charge in [-0.2, -0.15) is 0 Å². The summed E-state index contributed by atoms with van der Waals surface area (Å²) in [4.78, 5) is -0.0350. The minimum absolute atomic E-state index is 0.0350. The Morgan fingerprint density at radius 3 is 2.24 bits per heavy atom. The van der Waals surface area contributed by atoms with E-state index in [1.165, 1.54) is 23.8 Å². The Morgan fingerprint density at radius 2 is 1.71 bits per heavy atom. The van der Waals surface area contributed by atoms with Gasteiger partial charge in [0.2, 0.25) is 10.0 Å². The maximum Gasteiger partial charge on any atom is 0.238 e. The Bertz CT molecular complexity index is 727. The summed E-state index contributed by atoms with van der Waals surface area (Å²) >= 11 is 6.00. The molecule has 0 saturated heterocycles. The van der Waals surface area contributed by atoms with Crippen LogP contribution in [0.3, 0.4) is 0 Å². The number of hydrogen-bond acceptors (Lipinski definition) is 3. The summed E-state index contributed by atoms with van der Waals surface area (Å²) in [7, 11) is -3.76. The summed E-state index contributed by atoms with van der Waals surface area (Å²) in [6.45, 7) is 2.46. The van der Waals surface area contributed by atoms with Crippen LogP contribution in [0.25, 0.3) is 0 Å². The number of hydrogen-bond donors (Lipinski definition) is 1. The second kappa shape index (κ2) is 6.47. The van der Waals surface area contributed by atoms with Crippen LogP contribution in [0.2, 0.25) is 5.02 Å². The maximum atomic E-state index is 11.2. The van der Waals surface area contributed by atoms with Gasteiger partial charge >= 0.3 is 0 Å². The highest BCUT2D eigenvalue weighted by Gasteiger charge is 2.11. The number of aryl methyl sites for hydroxylation is 1. The van der Waals surface area contributed by atoms with Crippen LogP contribution in [0.1, 0.15) is 18.1 Å². The molecule has 0 saturated carbocycles. The van der Waals surface area contributed by atoms with Crippen LogP contribution in [0, 0.1) is 0 Å². The first kappa shape index (κ1) is 15.8. The molecule has 4 nitrogen and oxygen atoms in total. The minimum atomic E-state index is -3.76. The zero-order valence-electron chi connectivity index (χ0n) is 11.5. The minimum Gasteiger partial charge on any atom is -0.487 e. The molecule has 0 spiro atoms. The van der Waals surface area contributed by atoms with E-state index < -0.39 is 10.0 Å². The Labute approximate surface area is 129 Å². The molecule has 0 aromatic heterocycles. The summed E-state index contributed by atoms with van der Waals surface area (Å²) in [6.07, 6.45) is 0.988. The number of halogens is 1. The highest BCUT2D eigenvalue weighted by atomic mass is 35.5. The van der Waals surface area contributed by atoms with Crippen molar-refractivity contribution in [1.29, 1.82) is 0 Å². The van der Waals surface area contributed by atoms with Crippen LogP contribution in [-0.2, 0) is 23.1 Å². The molecule has 0 aliphatic rings. The third-order valence-corrected chi connectivity index (χ3v) is 4.26. The average Bonchev–Trinajstić information content (AvgIpc) is 2.45. The lowest BCUT2D eigenvalue weighted by Crippen LogP contribution is -2.12. The van der Waals surface area contributed by atoms with Crippen molar-refractivity contribution in [2.24, 2.45) is 5.14 Å². The summed E-state index contributed by atoms with van der Waals surface area (Å²) < 4.78 is 28.0. The van der Waals surface area contributed by atoms with Crippen LogP contribution >= 0.6 is 11.6 Å². The molecule has 0 radical (unpaired) electrons. The molecule has 0 aliphatic heterocycles. The fourth-order valence-corrected chi connectivity index (χ4v) is 2.65. The third kappa shape index (κ3) is 4.20. The molecule has 112 valence electrons. The quantitative estimate of drug-likeness (QED) is 0.918. The molecule has 21 heavy (non-hydrogen) atoms. The number of nitrogens with two attached hydrogens (primary N) is 1. The Kier molecular flexibility index (Phi) is 4.88. The van der Waals surface area contributed by atoms with E-state index in [9.17, 15) is 8.42 Å². The highest BCUT2D eigenvalue weighted by molar-refractivity contribution is 7.89. The fourth-order valence-electron chi connectivity index (χ4n) is 1.81. The summed E-state index contributed by atoms with van der Waals surface area (Å²) in [6, 6.07) is 12.2. The lowest BCUT2D eigenvalue weighted by atomic mass is 10.1. The second-order valence-corrected chi connectivity index (χ2v) is 6.56. The van der Waals surface area contributed by atoms with Crippen molar-refractivity contribution in [2.75, 3.05) is 0 Å². The third-order valence-electron chi connectivity index (χ3n) is 3.06. The van der Waals surface area contributed by atoms with Gasteiger partial charge in [-0.15, -0.1) is 0 Å². The van der Waals surface area contributed by atoms with Crippen molar-refractivity contribution in [2.45, 2.75) is 24.8 Å². The number of rotatable bonds is 5. The summed E-state index contributed by atoms with van der Waals surface area (Å²) in [5, 5.41) is 5.26. The lowest BCUT2D eigenvalue weighted by Gasteiger charge is -2.09. The van der Waals surface area contributed by atoms with E-state index in [1.807, 2.05) is 24.3 Å². The number of benzene rings is 2. The average molecular weight is 326 g/mol. The Balaban J connectivity index is 2.09. The SMILES string of the molecule is CCc1ccc(COc2ccc(S(N)(=O)=O)cc2Cl)cc1. The van der Waals surface area contributed by atoms with Gasteiger partial charge in [0.15, 0.2) is 0 Å². The van der Waals surface area contributed by atoms with Gasteiger partial charge in [-0.3, -0.25) is 0 Å². The van der Waals surface area contributed by atoms with Crippen LogP contribution in [0.5, 0.6) is 5.75 Å². The molecule has 0 amide bonds. The van der Waals surface area contributed by atoms with E-state index >= 15 is 0 Å². The van der Waals surface area contributed by atoms with E-state index in [2.05, 4.69) is 6.92 Å². The molecule has 6 heteroatoms.